The molecule has 0 aliphatic heterocycles. The Morgan fingerprint density at radius 1 is 1.06 bits per heavy atom. The molecule has 1 nitrogen and oxygen atoms in total. The van der Waals surface area contributed by atoms with Crippen LogP contribution in [0.1, 0.15) is 11.1 Å². The van der Waals surface area contributed by atoms with Crippen LogP contribution in [0.2, 0.25) is 10.0 Å². The minimum atomic E-state index is 0.682. The van der Waals surface area contributed by atoms with Gasteiger partial charge in [0.1, 0.15) is 0 Å². The topological polar surface area (TPSA) is 12.0 Å². The highest BCUT2D eigenvalue weighted by atomic mass is 35.5. The fourth-order valence-electron chi connectivity index (χ4n) is 1.65. The van der Waals surface area contributed by atoms with Crippen LogP contribution in [0.5, 0.6) is 0 Å². The van der Waals surface area contributed by atoms with E-state index in [4.69, 9.17) is 23.2 Å². The highest BCUT2D eigenvalue weighted by molar-refractivity contribution is 6.35. The van der Waals surface area contributed by atoms with Crippen LogP contribution in [0, 0.1) is 6.92 Å². The van der Waals surface area contributed by atoms with Gasteiger partial charge in [-0.05, 0) is 30.7 Å². The SMILES string of the molecule is Cc1cccc(CNc2cc(Cl)ccc2Cl)c1. The van der Waals surface area contributed by atoms with E-state index in [2.05, 4.69) is 30.4 Å². The van der Waals surface area contributed by atoms with Crippen LogP contribution in [-0.4, -0.2) is 0 Å². The number of halogens is 2. The molecule has 0 aliphatic carbocycles. The summed E-state index contributed by atoms with van der Waals surface area (Å²) in [6.07, 6.45) is 0. The summed E-state index contributed by atoms with van der Waals surface area (Å²) in [7, 11) is 0. The predicted molar refractivity (Wildman–Crippen MR) is 75.0 cm³/mol. The summed E-state index contributed by atoms with van der Waals surface area (Å²) in [6, 6.07) is 13.8. The van der Waals surface area contributed by atoms with Crippen molar-refractivity contribution in [2.45, 2.75) is 13.5 Å². The van der Waals surface area contributed by atoms with Crippen LogP contribution in [0.3, 0.4) is 0 Å². The molecular weight excluding hydrogens is 253 g/mol. The number of hydrogen-bond acceptors (Lipinski definition) is 1. The molecule has 17 heavy (non-hydrogen) atoms. The number of aryl methyl sites for hydroxylation is 1. The van der Waals surface area contributed by atoms with Crippen molar-refractivity contribution in [1.82, 2.24) is 0 Å². The lowest BCUT2D eigenvalue weighted by Gasteiger charge is -2.09. The number of rotatable bonds is 3. The van der Waals surface area contributed by atoms with Crippen molar-refractivity contribution >= 4 is 28.9 Å². The third kappa shape index (κ3) is 3.39. The van der Waals surface area contributed by atoms with Crippen LogP contribution >= 0.6 is 23.2 Å². The molecule has 0 spiro atoms. The first kappa shape index (κ1) is 12.3. The molecule has 0 aliphatic rings. The van der Waals surface area contributed by atoms with E-state index in [0.717, 1.165) is 12.2 Å². The molecule has 0 saturated heterocycles. The summed E-state index contributed by atoms with van der Waals surface area (Å²) in [5.74, 6) is 0. The molecule has 0 bridgehead atoms. The average Bonchev–Trinajstić information content (AvgIpc) is 2.30. The molecule has 0 saturated carbocycles. The van der Waals surface area contributed by atoms with Crippen LogP contribution in [-0.2, 0) is 6.54 Å². The molecule has 2 rings (SSSR count). The van der Waals surface area contributed by atoms with Gasteiger partial charge in [-0.25, -0.2) is 0 Å². The van der Waals surface area contributed by atoms with Crippen molar-refractivity contribution in [3.8, 4) is 0 Å². The lowest BCUT2D eigenvalue weighted by atomic mass is 10.1. The van der Waals surface area contributed by atoms with Gasteiger partial charge >= 0.3 is 0 Å². The van der Waals surface area contributed by atoms with E-state index < -0.39 is 0 Å². The maximum absolute atomic E-state index is 6.07. The number of nitrogens with one attached hydrogen (secondary N) is 1. The van der Waals surface area contributed by atoms with Crippen molar-refractivity contribution in [1.29, 1.82) is 0 Å². The van der Waals surface area contributed by atoms with Gasteiger partial charge in [0.05, 0.1) is 10.7 Å². The normalized spacial score (nSPS) is 10.3. The van der Waals surface area contributed by atoms with E-state index in [1.165, 1.54) is 11.1 Å². The Morgan fingerprint density at radius 3 is 2.65 bits per heavy atom. The molecule has 2 aromatic rings. The fourth-order valence-corrected chi connectivity index (χ4v) is 2.01. The average molecular weight is 266 g/mol. The molecule has 2 aromatic carbocycles. The molecule has 88 valence electrons. The van der Waals surface area contributed by atoms with E-state index in [1.807, 2.05) is 12.1 Å². The van der Waals surface area contributed by atoms with Gasteiger partial charge in [0.2, 0.25) is 0 Å². The third-order valence-corrected chi connectivity index (χ3v) is 3.06. The third-order valence-electron chi connectivity index (χ3n) is 2.49. The van der Waals surface area contributed by atoms with Crippen molar-refractivity contribution in [3.05, 3.63) is 63.6 Å². The smallest absolute Gasteiger partial charge is 0.0638 e. The maximum Gasteiger partial charge on any atom is 0.0638 e. The van der Waals surface area contributed by atoms with Gasteiger partial charge in [0.15, 0.2) is 0 Å². The molecular formula is C14H13Cl2N. The zero-order valence-electron chi connectivity index (χ0n) is 9.50. The zero-order chi connectivity index (χ0) is 12.3. The zero-order valence-corrected chi connectivity index (χ0v) is 11.0. The fraction of sp³-hybridized carbons (Fsp3) is 0.143. The Hall–Kier alpha value is -1.18. The summed E-state index contributed by atoms with van der Waals surface area (Å²) in [4.78, 5) is 0. The second kappa shape index (κ2) is 5.44. The van der Waals surface area contributed by atoms with E-state index in [0.29, 0.717) is 10.0 Å². The Kier molecular flexibility index (Phi) is 3.93. The molecule has 0 atom stereocenters. The van der Waals surface area contributed by atoms with Crippen molar-refractivity contribution in [3.63, 3.8) is 0 Å². The second-order valence-electron chi connectivity index (χ2n) is 3.97. The van der Waals surface area contributed by atoms with E-state index in [1.54, 1.807) is 12.1 Å². The standard InChI is InChI=1S/C14H13Cl2N/c1-10-3-2-4-11(7-10)9-17-14-8-12(15)5-6-13(14)16/h2-8,17H,9H2,1H3. The molecule has 0 fully saturated rings. The van der Waals surface area contributed by atoms with E-state index >= 15 is 0 Å². The van der Waals surface area contributed by atoms with Gasteiger partial charge in [0, 0.05) is 11.6 Å². The summed E-state index contributed by atoms with van der Waals surface area (Å²) >= 11 is 12.0. The highest BCUT2D eigenvalue weighted by Crippen LogP contribution is 2.25. The molecule has 3 heteroatoms. The Balaban J connectivity index is 2.09. The van der Waals surface area contributed by atoms with Crippen LogP contribution in [0.15, 0.2) is 42.5 Å². The molecule has 0 amide bonds. The number of benzene rings is 2. The summed E-state index contributed by atoms with van der Waals surface area (Å²) in [5.41, 5.74) is 3.34. The molecule has 0 heterocycles. The van der Waals surface area contributed by atoms with Crippen molar-refractivity contribution in [2.24, 2.45) is 0 Å². The molecule has 0 radical (unpaired) electrons. The summed E-state index contributed by atoms with van der Waals surface area (Å²) in [5, 5.41) is 4.64. The van der Waals surface area contributed by atoms with Gasteiger partial charge in [0.25, 0.3) is 0 Å². The van der Waals surface area contributed by atoms with Gasteiger partial charge in [-0.2, -0.15) is 0 Å². The van der Waals surface area contributed by atoms with Gasteiger partial charge < -0.3 is 5.32 Å². The van der Waals surface area contributed by atoms with Gasteiger partial charge in [-0.3, -0.25) is 0 Å². The lowest BCUT2D eigenvalue weighted by Crippen LogP contribution is -2.00. The van der Waals surface area contributed by atoms with E-state index in [-0.39, 0.29) is 0 Å². The number of anilines is 1. The van der Waals surface area contributed by atoms with Crippen molar-refractivity contribution < 1.29 is 0 Å². The van der Waals surface area contributed by atoms with E-state index in [9.17, 15) is 0 Å². The molecule has 0 aromatic heterocycles. The minimum Gasteiger partial charge on any atom is -0.380 e. The van der Waals surface area contributed by atoms with Crippen LogP contribution < -0.4 is 5.32 Å². The Bertz CT molecular complexity index is 523. The lowest BCUT2D eigenvalue weighted by molar-refractivity contribution is 1.14. The van der Waals surface area contributed by atoms with Gasteiger partial charge in [-0.1, -0.05) is 53.0 Å². The van der Waals surface area contributed by atoms with Gasteiger partial charge in [-0.15, -0.1) is 0 Å². The second-order valence-corrected chi connectivity index (χ2v) is 4.81. The predicted octanol–water partition coefficient (Wildman–Crippen LogP) is 4.91. The largest absolute Gasteiger partial charge is 0.380 e. The summed E-state index contributed by atoms with van der Waals surface area (Å²) in [6.45, 7) is 2.82. The first-order valence-corrected chi connectivity index (χ1v) is 6.15. The minimum absolute atomic E-state index is 0.682. The first-order chi connectivity index (χ1) is 8.15. The highest BCUT2D eigenvalue weighted by Gasteiger charge is 2.01. The molecule has 0 unspecified atom stereocenters. The monoisotopic (exact) mass is 265 g/mol. The maximum atomic E-state index is 6.07. The van der Waals surface area contributed by atoms with Crippen LogP contribution in [0.25, 0.3) is 0 Å². The first-order valence-electron chi connectivity index (χ1n) is 5.39. The number of hydrogen-bond donors (Lipinski definition) is 1. The Labute approximate surface area is 111 Å². The quantitative estimate of drug-likeness (QED) is 0.831. The van der Waals surface area contributed by atoms with Crippen molar-refractivity contribution in [2.75, 3.05) is 5.32 Å². The Morgan fingerprint density at radius 2 is 1.88 bits per heavy atom. The summed E-state index contributed by atoms with van der Waals surface area (Å²) < 4.78 is 0. The molecule has 1 N–H and O–H groups in total. The van der Waals surface area contributed by atoms with Crippen LogP contribution in [0.4, 0.5) is 5.69 Å².